The van der Waals surface area contributed by atoms with Crippen molar-refractivity contribution in [3.63, 3.8) is 0 Å². The van der Waals surface area contributed by atoms with Crippen LogP contribution in [0, 0.1) is 6.92 Å². The van der Waals surface area contributed by atoms with E-state index < -0.39 is 0 Å². The molecule has 0 saturated heterocycles. The van der Waals surface area contributed by atoms with Gasteiger partial charge in [0.2, 0.25) is 0 Å². The van der Waals surface area contributed by atoms with Crippen molar-refractivity contribution in [1.82, 2.24) is 0 Å². The van der Waals surface area contributed by atoms with Crippen LogP contribution in [0.4, 0.5) is 0 Å². The molecular formula is C20H16O. The summed E-state index contributed by atoms with van der Waals surface area (Å²) in [5.74, 6) is 0.171. The van der Waals surface area contributed by atoms with Crippen LogP contribution in [-0.2, 0) is 6.42 Å². The maximum Gasteiger partial charge on any atom is 0.194 e. The molecule has 0 N–H and O–H groups in total. The summed E-state index contributed by atoms with van der Waals surface area (Å²) >= 11 is 0. The van der Waals surface area contributed by atoms with Gasteiger partial charge in [-0.1, -0.05) is 48.9 Å². The fourth-order valence-corrected chi connectivity index (χ4v) is 3.42. The van der Waals surface area contributed by atoms with E-state index in [9.17, 15) is 4.79 Å². The van der Waals surface area contributed by atoms with E-state index >= 15 is 0 Å². The summed E-state index contributed by atoms with van der Waals surface area (Å²) in [4.78, 5) is 12.8. The quantitative estimate of drug-likeness (QED) is 0.480. The van der Waals surface area contributed by atoms with Crippen molar-refractivity contribution in [3.05, 3.63) is 70.8 Å². The first kappa shape index (κ1) is 12.3. The van der Waals surface area contributed by atoms with Gasteiger partial charge in [-0.05, 0) is 47.4 Å². The second-order valence-corrected chi connectivity index (χ2v) is 5.74. The van der Waals surface area contributed by atoms with Crippen LogP contribution in [0.15, 0.2) is 48.5 Å². The van der Waals surface area contributed by atoms with Gasteiger partial charge in [0.1, 0.15) is 0 Å². The van der Waals surface area contributed by atoms with Crippen LogP contribution in [0.1, 0.15) is 34.0 Å². The fraction of sp³-hybridized carbons (Fsp3) is 0.150. The summed E-state index contributed by atoms with van der Waals surface area (Å²) in [6, 6.07) is 16.7. The predicted octanol–water partition coefficient (Wildman–Crippen LogP) is 4.92. The number of hydrogen-bond acceptors (Lipinski definition) is 1. The van der Waals surface area contributed by atoms with E-state index in [1.54, 1.807) is 0 Å². The Morgan fingerprint density at radius 2 is 1.62 bits per heavy atom. The Hall–Kier alpha value is -2.41. The Balaban J connectivity index is 2.18. The summed E-state index contributed by atoms with van der Waals surface area (Å²) in [6.45, 7) is 4.18. The van der Waals surface area contributed by atoms with Gasteiger partial charge in [0.25, 0.3) is 0 Å². The van der Waals surface area contributed by atoms with Gasteiger partial charge in [0, 0.05) is 16.7 Å². The maximum absolute atomic E-state index is 12.8. The largest absolute Gasteiger partial charge is 0.289 e. The van der Waals surface area contributed by atoms with Crippen LogP contribution in [-0.4, -0.2) is 5.78 Å². The Labute approximate surface area is 124 Å². The summed E-state index contributed by atoms with van der Waals surface area (Å²) in [5, 5.41) is 2.46. The van der Waals surface area contributed by atoms with Gasteiger partial charge < -0.3 is 0 Å². The zero-order valence-electron chi connectivity index (χ0n) is 12.2. The minimum Gasteiger partial charge on any atom is -0.289 e. The van der Waals surface area contributed by atoms with E-state index in [4.69, 9.17) is 0 Å². The zero-order valence-corrected chi connectivity index (χ0v) is 12.2. The highest BCUT2D eigenvalue weighted by molar-refractivity contribution is 6.26. The van der Waals surface area contributed by atoms with Gasteiger partial charge in [-0.15, -0.1) is 0 Å². The molecule has 0 atom stereocenters. The summed E-state index contributed by atoms with van der Waals surface area (Å²) < 4.78 is 0. The summed E-state index contributed by atoms with van der Waals surface area (Å²) in [6.07, 6.45) is 0.941. The highest BCUT2D eigenvalue weighted by Crippen LogP contribution is 2.42. The van der Waals surface area contributed by atoms with Crippen molar-refractivity contribution < 1.29 is 4.79 Å². The molecule has 0 bridgehead atoms. The first-order chi connectivity index (χ1) is 10.2. The van der Waals surface area contributed by atoms with E-state index in [1.807, 2.05) is 13.0 Å². The fourth-order valence-electron chi connectivity index (χ4n) is 3.42. The lowest BCUT2D eigenvalue weighted by Gasteiger charge is -2.10. The second kappa shape index (κ2) is 4.29. The maximum atomic E-state index is 12.8. The van der Waals surface area contributed by atoms with Crippen molar-refractivity contribution >= 4 is 16.6 Å². The lowest BCUT2D eigenvalue weighted by Crippen LogP contribution is -1.97. The number of fused-ring (bicyclic) bond motifs is 5. The van der Waals surface area contributed by atoms with Crippen LogP contribution >= 0.6 is 0 Å². The van der Waals surface area contributed by atoms with Gasteiger partial charge in [-0.25, -0.2) is 0 Å². The minimum atomic E-state index is 0.171. The molecule has 3 aromatic carbocycles. The molecule has 21 heavy (non-hydrogen) atoms. The molecule has 0 spiro atoms. The van der Waals surface area contributed by atoms with Crippen LogP contribution in [0.3, 0.4) is 0 Å². The SMILES string of the molecule is CCc1cc2c(c3ccccc13)-c1ccc(C)cc1C2=O. The topological polar surface area (TPSA) is 17.1 Å². The summed E-state index contributed by atoms with van der Waals surface area (Å²) in [7, 11) is 0. The van der Waals surface area contributed by atoms with Crippen LogP contribution in [0.5, 0.6) is 0 Å². The number of benzene rings is 3. The highest BCUT2D eigenvalue weighted by atomic mass is 16.1. The predicted molar refractivity (Wildman–Crippen MR) is 86.9 cm³/mol. The van der Waals surface area contributed by atoms with Gasteiger partial charge in [-0.2, -0.15) is 0 Å². The third kappa shape index (κ3) is 1.61. The van der Waals surface area contributed by atoms with E-state index in [0.717, 1.165) is 34.2 Å². The first-order valence-corrected chi connectivity index (χ1v) is 7.41. The molecule has 0 unspecified atom stereocenters. The molecule has 0 aromatic heterocycles. The Morgan fingerprint density at radius 3 is 2.38 bits per heavy atom. The number of aryl methyl sites for hydroxylation is 2. The van der Waals surface area contributed by atoms with E-state index in [-0.39, 0.29) is 5.78 Å². The zero-order chi connectivity index (χ0) is 14.6. The molecule has 0 saturated carbocycles. The smallest absolute Gasteiger partial charge is 0.194 e. The van der Waals surface area contributed by atoms with Gasteiger partial charge in [0.05, 0.1) is 0 Å². The number of carbonyl (C=O) groups is 1. The van der Waals surface area contributed by atoms with Gasteiger partial charge in [0.15, 0.2) is 5.78 Å². The minimum absolute atomic E-state index is 0.171. The van der Waals surface area contributed by atoms with Crippen molar-refractivity contribution in [3.8, 4) is 11.1 Å². The number of rotatable bonds is 1. The number of ketones is 1. The van der Waals surface area contributed by atoms with E-state index in [0.29, 0.717) is 0 Å². The highest BCUT2D eigenvalue weighted by Gasteiger charge is 2.29. The molecule has 1 nitrogen and oxygen atoms in total. The molecule has 0 aliphatic heterocycles. The molecule has 102 valence electrons. The van der Waals surface area contributed by atoms with Crippen LogP contribution < -0.4 is 0 Å². The molecule has 0 amide bonds. The monoisotopic (exact) mass is 272 g/mol. The molecule has 1 aliphatic carbocycles. The van der Waals surface area contributed by atoms with Crippen LogP contribution in [0.25, 0.3) is 21.9 Å². The van der Waals surface area contributed by atoms with E-state index in [1.165, 1.54) is 16.3 Å². The number of hydrogen-bond donors (Lipinski definition) is 0. The van der Waals surface area contributed by atoms with Crippen molar-refractivity contribution in [1.29, 1.82) is 0 Å². The second-order valence-electron chi connectivity index (χ2n) is 5.74. The van der Waals surface area contributed by atoms with Gasteiger partial charge in [-0.3, -0.25) is 4.79 Å². The van der Waals surface area contributed by atoms with Crippen molar-refractivity contribution in [2.24, 2.45) is 0 Å². The molecule has 3 aromatic rings. The average Bonchev–Trinajstić information content (AvgIpc) is 2.79. The Bertz CT molecular complexity index is 903. The lowest BCUT2D eigenvalue weighted by atomic mass is 9.93. The number of carbonyl (C=O) groups excluding carboxylic acids is 1. The average molecular weight is 272 g/mol. The van der Waals surface area contributed by atoms with Crippen molar-refractivity contribution in [2.75, 3.05) is 0 Å². The molecule has 0 heterocycles. The summed E-state index contributed by atoms with van der Waals surface area (Å²) in [5.41, 5.74) is 6.30. The van der Waals surface area contributed by atoms with Crippen LogP contribution in [0.2, 0.25) is 0 Å². The normalized spacial score (nSPS) is 12.6. The van der Waals surface area contributed by atoms with Crippen molar-refractivity contribution in [2.45, 2.75) is 20.3 Å². The lowest BCUT2D eigenvalue weighted by molar-refractivity contribution is 0.104. The Kier molecular flexibility index (Phi) is 2.52. The van der Waals surface area contributed by atoms with E-state index in [2.05, 4.69) is 49.4 Å². The molecule has 1 heteroatoms. The third-order valence-electron chi connectivity index (χ3n) is 4.44. The standard InChI is InChI=1S/C20H16O/c1-3-13-11-18-19(15-7-5-4-6-14(13)15)16-9-8-12(2)10-17(16)20(18)21/h4-11H,3H2,1-2H3. The Morgan fingerprint density at radius 1 is 0.857 bits per heavy atom. The molecule has 0 fully saturated rings. The molecule has 4 rings (SSSR count). The molecule has 1 aliphatic rings. The first-order valence-electron chi connectivity index (χ1n) is 7.41. The molecule has 0 radical (unpaired) electrons. The third-order valence-corrected chi connectivity index (χ3v) is 4.44. The van der Waals surface area contributed by atoms with Gasteiger partial charge >= 0.3 is 0 Å². The molecular weight excluding hydrogens is 256 g/mol.